The Morgan fingerprint density at radius 1 is 1.38 bits per heavy atom. The van der Waals surface area contributed by atoms with Crippen molar-refractivity contribution < 1.29 is 17.9 Å². The van der Waals surface area contributed by atoms with E-state index in [4.69, 9.17) is 15.4 Å². The second-order valence-electron chi connectivity index (χ2n) is 5.25. The number of hydrogen-bond donors (Lipinski definition) is 1. The number of ether oxygens (including phenoxy) is 1. The Kier molecular flexibility index (Phi) is 5.24. The molecule has 1 N–H and O–H groups in total. The molecule has 5 nitrogen and oxygen atoms in total. The highest BCUT2D eigenvalue weighted by molar-refractivity contribution is 8.13. The Balaban J connectivity index is 1.90. The molecule has 1 amide bonds. The number of amides is 1. The van der Waals surface area contributed by atoms with E-state index in [1.807, 2.05) is 0 Å². The van der Waals surface area contributed by atoms with Crippen molar-refractivity contribution in [3.8, 4) is 0 Å². The largest absolute Gasteiger partial charge is 0.379 e. The van der Waals surface area contributed by atoms with Crippen LogP contribution in [-0.4, -0.2) is 34.1 Å². The minimum atomic E-state index is -3.85. The Morgan fingerprint density at radius 3 is 2.71 bits per heavy atom. The van der Waals surface area contributed by atoms with E-state index in [1.54, 1.807) is 13.0 Å². The van der Waals surface area contributed by atoms with Crippen molar-refractivity contribution >= 4 is 25.6 Å². The van der Waals surface area contributed by atoms with Gasteiger partial charge in [-0.25, -0.2) is 8.42 Å². The van der Waals surface area contributed by atoms with E-state index < -0.39 is 9.05 Å². The van der Waals surface area contributed by atoms with Gasteiger partial charge in [-0.1, -0.05) is 0 Å². The van der Waals surface area contributed by atoms with Gasteiger partial charge in [-0.05, 0) is 49.4 Å². The number of benzene rings is 1. The molecule has 116 valence electrons. The monoisotopic (exact) mass is 331 g/mol. The maximum absolute atomic E-state index is 12.0. The molecule has 1 aliphatic rings. The molecule has 0 bridgehead atoms. The number of carbonyl (C=O) groups excluding carboxylic acids is 1. The minimum Gasteiger partial charge on any atom is -0.379 e. The van der Waals surface area contributed by atoms with Crippen molar-refractivity contribution in [1.82, 2.24) is 5.32 Å². The first-order valence-corrected chi connectivity index (χ1v) is 9.09. The second-order valence-corrected chi connectivity index (χ2v) is 7.81. The summed E-state index contributed by atoms with van der Waals surface area (Å²) in [5, 5.41) is 2.70. The maximum atomic E-state index is 12.0. The first-order valence-electron chi connectivity index (χ1n) is 6.78. The van der Waals surface area contributed by atoms with Crippen LogP contribution in [0.5, 0.6) is 0 Å². The van der Waals surface area contributed by atoms with E-state index in [0.717, 1.165) is 6.61 Å². The molecule has 1 aromatic rings. The summed E-state index contributed by atoms with van der Waals surface area (Å²) in [4.78, 5) is 11.9. The van der Waals surface area contributed by atoms with E-state index in [1.165, 1.54) is 25.0 Å². The molecular formula is C14H18ClNO4S. The lowest BCUT2D eigenvalue weighted by molar-refractivity contribution is 0.0906. The highest BCUT2D eigenvalue weighted by Crippen LogP contribution is 2.28. The summed E-state index contributed by atoms with van der Waals surface area (Å²) in [5.41, 5.74) is 0.934. The van der Waals surface area contributed by atoms with E-state index in [9.17, 15) is 13.2 Å². The molecular weight excluding hydrogens is 314 g/mol. The molecule has 0 heterocycles. The standard InChI is InChI=1S/C14H18ClNO4S/c1-10-6-12(8-13(7-10)21(15,18)19)14(17)16-4-5-20-9-11-2-3-11/h6-8,11H,2-5,9H2,1H3,(H,16,17). The SMILES string of the molecule is Cc1cc(C(=O)NCCOCC2CC2)cc(S(=O)(=O)Cl)c1. The fraction of sp³-hybridized carbons (Fsp3) is 0.500. The molecule has 0 spiro atoms. The van der Waals surface area contributed by atoms with Crippen LogP contribution in [0.25, 0.3) is 0 Å². The van der Waals surface area contributed by atoms with Gasteiger partial charge in [0.15, 0.2) is 0 Å². The van der Waals surface area contributed by atoms with Crippen molar-refractivity contribution in [3.05, 3.63) is 29.3 Å². The van der Waals surface area contributed by atoms with Crippen LogP contribution in [0.2, 0.25) is 0 Å². The minimum absolute atomic E-state index is 0.0701. The van der Waals surface area contributed by atoms with Crippen molar-refractivity contribution in [1.29, 1.82) is 0 Å². The lowest BCUT2D eigenvalue weighted by Gasteiger charge is -2.08. The summed E-state index contributed by atoms with van der Waals surface area (Å²) < 4.78 is 28.1. The van der Waals surface area contributed by atoms with Crippen LogP contribution < -0.4 is 5.32 Å². The number of nitrogens with one attached hydrogen (secondary N) is 1. The molecule has 1 fully saturated rings. The summed E-state index contributed by atoms with van der Waals surface area (Å²) >= 11 is 0. The third-order valence-corrected chi connectivity index (χ3v) is 4.51. The molecule has 2 rings (SSSR count). The average molecular weight is 332 g/mol. The van der Waals surface area contributed by atoms with Gasteiger partial charge in [0.05, 0.1) is 11.5 Å². The van der Waals surface area contributed by atoms with E-state index in [-0.39, 0.29) is 16.4 Å². The van der Waals surface area contributed by atoms with E-state index in [2.05, 4.69) is 5.32 Å². The van der Waals surface area contributed by atoms with Crippen LogP contribution in [0.4, 0.5) is 0 Å². The van der Waals surface area contributed by atoms with Gasteiger partial charge >= 0.3 is 0 Å². The highest BCUT2D eigenvalue weighted by Gasteiger charge is 2.21. The molecule has 1 aliphatic carbocycles. The van der Waals surface area contributed by atoms with Crippen molar-refractivity contribution in [3.63, 3.8) is 0 Å². The molecule has 21 heavy (non-hydrogen) atoms. The van der Waals surface area contributed by atoms with Gasteiger partial charge < -0.3 is 10.1 Å². The molecule has 0 saturated heterocycles. The summed E-state index contributed by atoms with van der Waals surface area (Å²) in [6.07, 6.45) is 2.46. The molecule has 1 aromatic carbocycles. The topological polar surface area (TPSA) is 72.5 Å². The quantitative estimate of drug-likeness (QED) is 0.613. The van der Waals surface area contributed by atoms with Gasteiger partial charge in [0.1, 0.15) is 0 Å². The first kappa shape index (κ1) is 16.3. The van der Waals surface area contributed by atoms with Gasteiger partial charge in [-0.2, -0.15) is 0 Å². The highest BCUT2D eigenvalue weighted by atomic mass is 35.7. The molecule has 0 atom stereocenters. The predicted octanol–water partition coefficient (Wildman–Crippen LogP) is 2.08. The van der Waals surface area contributed by atoms with E-state index >= 15 is 0 Å². The first-order chi connectivity index (χ1) is 9.86. The average Bonchev–Trinajstić information content (AvgIpc) is 3.20. The Labute approximate surface area is 129 Å². The van der Waals surface area contributed by atoms with Gasteiger partial charge in [0.2, 0.25) is 0 Å². The zero-order valence-electron chi connectivity index (χ0n) is 11.8. The van der Waals surface area contributed by atoms with Crippen LogP contribution in [0, 0.1) is 12.8 Å². The second kappa shape index (κ2) is 6.77. The van der Waals surface area contributed by atoms with Crippen molar-refractivity contribution in [2.24, 2.45) is 5.92 Å². The van der Waals surface area contributed by atoms with Crippen LogP contribution >= 0.6 is 10.7 Å². The fourth-order valence-electron chi connectivity index (χ4n) is 1.89. The summed E-state index contributed by atoms with van der Waals surface area (Å²) in [7, 11) is 1.46. The van der Waals surface area contributed by atoms with Gasteiger partial charge in [-0.15, -0.1) is 0 Å². The third-order valence-electron chi connectivity index (χ3n) is 3.18. The van der Waals surface area contributed by atoms with Crippen LogP contribution in [0.1, 0.15) is 28.8 Å². The molecule has 1 saturated carbocycles. The zero-order valence-corrected chi connectivity index (χ0v) is 13.3. The summed E-state index contributed by atoms with van der Waals surface area (Å²) in [6.45, 7) is 3.30. The number of hydrogen-bond acceptors (Lipinski definition) is 4. The van der Waals surface area contributed by atoms with Gasteiger partial charge in [0, 0.05) is 29.4 Å². The maximum Gasteiger partial charge on any atom is 0.261 e. The number of rotatable bonds is 7. The van der Waals surface area contributed by atoms with Crippen LogP contribution in [0.3, 0.4) is 0 Å². The number of halogens is 1. The molecule has 0 radical (unpaired) electrons. The smallest absolute Gasteiger partial charge is 0.261 e. The Hall–Kier alpha value is -1.11. The van der Waals surface area contributed by atoms with Crippen molar-refractivity contribution in [2.75, 3.05) is 19.8 Å². The summed E-state index contributed by atoms with van der Waals surface area (Å²) in [5.74, 6) is 0.351. The predicted molar refractivity (Wildman–Crippen MR) is 80.1 cm³/mol. The van der Waals surface area contributed by atoms with Gasteiger partial charge in [0.25, 0.3) is 15.0 Å². The zero-order chi connectivity index (χ0) is 15.5. The molecule has 7 heteroatoms. The van der Waals surface area contributed by atoms with Crippen LogP contribution in [0.15, 0.2) is 23.1 Å². The fourth-order valence-corrected chi connectivity index (χ4v) is 2.75. The summed E-state index contributed by atoms with van der Waals surface area (Å²) in [6, 6.07) is 4.32. The number of aryl methyl sites for hydroxylation is 1. The van der Waals surface area contributed by atoms with Crippen LogP contribution in [-0.2, 0) is 13.8 Å². The third kappa shape index (κ3) is 5.30. The lowest BCUT2D eigenvalue weighted by Crippen LogP contribution is -2.27. The Bertz CT molecular complexity index is 626. The Morgan fingerprint density at radius 2 is 2.10 bits per heavy atom. The number of carbonyl (C=O) groups is 1. The van der Waals surface area contributed by atoms with Gasteiger partial charge in [-0.3, -0.25) is 4.79 Å². The van der Waals surface area contributed by atoms with Crippen molar-refractivity contribution in [2.45, 2.75) is 24.7 Å². The molecule has 0 aliphatic heterocycles. The molecule has 0 unspecified atom stereocenters. The molecule has 0 aromatic heterocycles. The normalized spacial score (nSPS) is 15.0. The van der Waals surface area contributed by atoms with E-state index in [0.29, 0.717) is 24.6 Å². The lowest BCUT2D eigenvalue weighted by atomic mass is 10.1.